The van der Waals surface area contributed by atoms with Crippen LogP contribution in [0.2, 0.25) is 0 Å². The van der Waals surface area contributed by atoms with Crippen molar-refractivity contribution in [2.45, 2.75) is 6.36 Å². The molecular weight excluding hydrogens is 312 g/mol. The third-order valence-electron chi connectivity index (χ3n) is 1.17. The van der Waals surface area contributed by atoms with Crippen molar-refractivity contribution in [1.82, 2.24) is 4.98 Å². The summed E-state index contributed by atoms with van der Waals surface area (Å²) in [5, 5.41) is 8.48. The Morgan fingerprint density at radius 2 is 2.14 bits per heavy atom. The van der Waals surface area contributed by atoms with E-state index in [-0.39, 0.29) is 5.56 Å². The van der Waals surface area contributed by atoms with Gasteiger partial charge >= 0.3 is 6.36 Å². The van der Waals surface area contributed by atoms with Gasteiger partial charge in [-0.1, -0.05) is 0 Å². The molecule has 0 unspecified atom stereocenters. The minimum absolute atomic E-state index is 0.208. The number of nitriles is 1. The van der Waals surface area contributed by atoms with Crippen molar-refractivity contribution in [1.29, 1.82) is 5.26 Å². The number of nitrogens with zero attached hydrogens (tertiary/aromatic N) is 2. The summed E-state index contributed by atoms with van der Waals surface area (Å²) in [6.07, 6.45) is -3.73. The van der Waals surface area contributed by atoms with E-state index < -0.39 is 12.2 Å². The fourth-order valence-corrected chi connectivity index (χ4v) is 1.20. The van der Waals surface area contributed by atoms with Crippen LogP contribution in [0.1, 0.15) is 5.56 Å². The summed E-state index contributed by atoms with van der Waals surface area (Å²) in [5.41, 5.74) is 0.208. The highest BCUT2D eigenvalue weighted by Crippen LogP contribution is 2.23. The van der Waals surface area contributed by atoms with Gasteiger partial charge in [0.15, 0.2) is 0 Å². The first kappa shape index (κ1) is 11.0. The van der Waals surface area contributed by atoms with Gasteiger partial charge in [0.25, 0.3) is 0 Å². The summed E-state index contributed by atoms with van der Waals surface area (Å²) >= 11 is 1.73. The Hall–Kier alpha value is -1.04. The normalized spacial score (nSPS) is 10.8. The first-order valence-corrected chi connectivity index (χ1v) is 4.31. The van der Waals surface area contributed by atoms with Crippen molar-refractivity contribution in [3.63, 3.8) is 0 Å². The molecule has 74 valence electrons. The molecule has 1 rings (SSSR count). The van der Waals surface area contributed by atoms with Crippen molar-refractivity contribution in [3.8, 4) is 11.9 Å². The maximum absolute atomic E-state index is 11.7. The van der Waals surface area contributed by atoms with Crippen molar-refractivity contribution in [3.05, 3.63) is 21.4 Å². The molecular formula is C7H2F3IN2O. The summed E-state index contributed by atoms with van der Waals surface area (Å²) in [6, 6.07) is 2.83. The number of hydrogen-bond acceptors (Lipinski definition) is 3. The van der Waals surface area contributed by atoms with Crippen LogP contribution in [0.5, 0.6) is 5.88 Å². The highest BCUT2D eigenvalue weighted by atomic mass is 127. The number of ether oxygens (including phenoxy) is 1. The summed E-state index contributed by atoms with van der Waals surface area (Å²) in [7, 11) is 0. The predicted molar refractivity (Wildman–Crippen MR) is 48.4 cm³/mol. The molecule has 0 aliphatic carbocycles. The molecule has 0 atom stereocenters. The summed E-state index contributed by atoms with van der Waals surface area (Å²) in [5.74, 6) is -0.569. The van der Waals surface area contributed by atoms with Gasteiger partial charge in [-0.05, 0) is 22.6 Å². The number of alkyl halides is 3. The Bertz CT molecular complexity index is 386. The predicted octanol–water partition coefficient (Wildman–Crippen LogP) is 2.46. The Balaban J connectivity index is 2.94. The van der Waals surface area contributed by atoms with Crippen LogP contribution in [0.25, 0.3) is 0 Å². The zero-order valence-corrected chi connectivity index (χ0v) is 8.63. The van der Waals surface area contributed by atoms with Gasteiger partial charge in [-0.25, -0.2) is 4.98 Å². The van der Waals surface area contributed by atoms with E-state index in [4.69, 9.17) is 5.26 Å². The number of pyridine rings is 1. The van der Waals surface area contributed by atoms with Crippen molar-refractivity contribution in [2.24, 2.45) is 0 Å². The average Bonchev–Trinajstić information content (AvgIpc) is 2.01. The lowest BCUT2D eigenvalue weighted by Crippen LogP contribution is -2.18. The zero-order chi connectivity index (χ0) is 10.8. The lowest BCUT2D eigenvalue weighted by Gasteiger charge is -2.07. The van der Waals surface area contributed by atoms with E-state index in [0.717, 1.165) is 12.3 Å². The molecule has 0 saturated carbocycles. The molecule has 3 nitrogen and oxygen atoms in total. The average molecular weight is 314 g/mol. The molecule has 0 bridgehead atoms. The van der Waals surface area contributed by atoms with E-state index in [1.54, 1.807) is 28.7 Å². The minimum Gasteiger partial charge on any atom is -0.388 e. The van der Waals surface area contributed by atoms with Crippen LogP contribution in [0.3, 0.4) is 0 Å². The first-order chi connectivity index (χ1) is 6.42. The Kier molecular flexibility index (Phi) is 3.15. The molecule has 0 saturated heterocycles. The molecule has 0 aliphatic heterocycles. The Morgan fingerprint density at radius 3 is 2.57 bits per heavy atom. The molecule has 1 aromatic rings. The van der Waals surface area contributed by atoms with Crippen LogP contribution in [0.15, 0.2) is 12.3 Å². The molecule has 1 heterocycles. The third kappa shape index (κ3) is 3.02. The summed E-state index contributed by atoms with van der Waals surface area (Å²) < 4.78 is 39.1. The number of rotatable bonds is 1. The second-order valence-corrected chi connectivity index (χ2v) is 3.32. The van der Waals surface area contributed by atoms with Crippen LogP contribution in [0.4, 0.5) is 13.2 Å². The summed E-state index contributed by atoms with van der Waals surface area (Å²) in [6.45, 7) is 0. The van der Waals surface area contributed by atoms with Gasteiger partial charge in [-0.2, -0.15) is 5.26 Å². The van der Waals surface area contributed by atoms with Crippen LogP contribution < -0.4 is 4.74 Å². The quantitative estimate of drug-likeness (QED) is 0.748. The molecule has 7 heteroatoms. The summed E-state index contributed by atoms with van der Waals surface area (Å²) in [4.78, 5) is 3.33. The van der Waals surface area contributed by atoms with Gasteiger partial charge in [0.1, 0.15) is 6.07 Å². The van der Waals surface area contributed by atoms with Crippen LogP contribution >= 0.6 is 22.6 Å². The molecule has 14 heavy (non-hydrogen) atoms. The van der Waals surface area contributed by atoms with Crippen LogP contribution in [0, 0.1) is 14.9 Å². The van der Waals surface area contributed by atoms with E-state index in [1.165, 1.54) is 0 Å². The van der Waals surface area contributed by atoms with Crippen molar-refractivity contribution in [2.75, 3.05) is 0 Å². The van der Waals surface area contributed by atoms with E-state index >= 15 is 0 Å². The van der Waals surface area contributed by atoms with E-state index in [1.807, 2.05) is 0 Å². The highest BCUT2D eigenvalue weighted by Gasteiger charge is 2.31. The zero-order valence-electron chi connectivity index (χ0n) is 6.47. The van der Waals surface area contributed by atoms with E-state index in [0.29, 0.717) is 3.57 Å². The molecule has 0 spiro atoms. The molecule has 0 N–H and O–H groups in total. The second-order valence-electron chi connectivity index (χ2n) is 2.16. The fraction of sp³-hybridized carbons (Fsp3) is 0.143. The molecule has 0 fully saturated rings. The Morgan fingerprint density at radius 1 is 1.50 bits per heavy atom. The van der Waals surface area contributed by atoms with Gasteiger partial charge in [0.2, 0.25) is 5.88 Å². The van der Waals surface area contributed by atoms with Gasteiger partial charge in [0.05, 0.1) is 5.56 Å². The van der Waals surface area contributed by atoms with Gasteiger partial charge in [-0.15, -0.1) is 13.2 Å². The molecule has 0 amide bonds. The topological polar surface area (TPSA) is 45.9 Å². The number of halogens is 4. The van der Waals surface area contributed by atoms with E-state index in [9.17, 15) is 13.2 Å². The first-order valence-electron chi connectivity index (χ1n) is 3.24. The minimum atomic E-state index is -4.76. The fourth-order valence-electron chi connectivity index (χ4n) is 0.670. The highest BCUT2D eigenvalue weighted by molar-refractivity contribution is 14.1. The second kappa shape index (κ2) is 4.00. The van der Waals surface area contributed by atoms with Gasteiger partial charge in [0, 0.05) is 15.8 Å². The number of hydrogen-bond donors (Lipinski definition) is 0. The van der Waals surface area contributed by atoms with Crippen molar-refractivity contribution >= 4 is 22.6 Å². The van der Waals surface area contributed by atoms with Gasteiger partial charge in [-0.3, -0.25) is 0 Å². The molecule has 0 aromatic carbocycles. The maximum Gasteiger partial charge on any atom is 0.574 e. The smallest absolute Gasteiger partial charge is 0.388 e. The molecule has 0 aliphatic rings. The standard InChI is InChI=1S/C7H2F3IN2O/c8-7(9,10)14-6-1-5(11)4(2-12)3-13-6/h1,3H. The Labute approximate surface area is 90.6 Å². The number of aromatic nitrogens is 1. The lowest BCUT2D eigenvalue weighted by atomic mass is 10.3. The van der Waals surface area contributed by atoms with Crippen molar-refractivity contribution < 1.29 is 17.9 Å². The largest absolute Gasteiger partial charge is 0.574 e. The molecule has 0 radical (unpaired) electrons. The van der Waals surface area contributed by atoms with Crippen LogP contribution in [-0.4, -0.2) is 11.3 Å². The third-order valence-corrected chi connectivity index (χ3v) is 2.06. The van der Waals surface area contributed by atoms with Crippen LogP contribution in [-0.2, 0) is 0 Å². The monoisotopic (exact) mass is 314 g/mol. The SMILES string of the molecule is N#Cc1cnc(OC(F)(F)F)cc1I. The molecule has 1 aromatic heterocycles. The van der Waals surface area contributed by atoms with Gasteiger partial charge < -0.3 is 4.74 Å². The van der Waals surface area contributed by atoms with E-state index in [2.05, 4.69) is 9.72 Å². The lowest BCUT2D eigenvalue weighted by molar-refractivity contribution is -0.276. The maximum atomic E-state index is 11.7.